The molecular weight excluding hydrogens is 410 g/mol. The Kier molecular flexibility index (Phi) is 8.50. The standard InChI is InChI=1S/C25H31NO6/c1-3-30-23(24(27)28)16-19-10-12-21(13-11-19)31-15-14-26(17-20-8-9-20)25(29)32-22-7-5-4-6-18(22)2/h4-7,10-13,20,23H,3,8-9,14-17H2,1-2H3,(H,27,28). The van der Waals surface area contributed by atoms with Gasteiger partial charge < -0.3 is 24.2 Å². The Hall–Kier alpha value is -3.06. The van der Waals surface area contributed by atoms with Gasteiger partial charge in [0.2, 0.25) is 0 Å². The number of para-hydroxylation sites is 1. The van der Waals surface area contributed by atoms with E-state index in [1.165, 1.54) is 0 Å². The lowest BCUT2D eigenvalue weighted by molar-refractivity contribution is -0.149. The van der Waals surface area contributed by atoms with E-state index in [9.17, 15) is 14.7 Å². The van der Waals surface area contributed by atoms with Crippen molar-refractivity contribution in [3.8, 4) is 11.5 Å². The molecule has 1 amide bonds. The van der Waals surface area contributed by atoms with Gasteiger partial charge in [-0.05, 0) is 61.9 Å². The molecule has 1 N–H and O–H groups in total. The van der Waals surface area contributed by atoms with Crippen molar-refractivity contribution in [2.45, 2.75) is 39.2 Å². The number of carboxylic acid groups (broad SMARTS) is 1. The molecule has 1 unspecified atom stereocenters. The van der Waals surface area contributed by atoms with Gasteiger partial charge in [0.15, 0.2) is 6.10 Å². The fraction of sp³-hybridized carbons (Fsp3) is 0.440. The Morgan fingerprint density at radius 1 is 1.12 bits per heavy atom. The van der Waals surface area contributed by atoms with E-state index in [-0.39, 0.29) is 6.09 Å². The maximum absolute atomic E-state index is 12.7. The highest BCUT2D eigenvalue weighted by Crippen LogP contribution is 2.30. The number of carbonyl (C=O) groups excluding carboxylic acids is 1. The van der Waals surface area contributed by atoms with Gasteiger partial charge in [-0.15, -0.1) is 0 Å². The van der Waals surface area contributed by atoms with Crippen molar-refractivity contribution < 1.29 is 28.9 Å². The quantitative estimate of drug-likeness (QED) is 0.528. The maximum Gasteiger partial charge on any atom is 0.415 e. The van der Waals surface area contributed by atoms with Gasteiger partial charge in [0.1, 0.15) is 18.1 Å². The summed E-state index contributed by atoms with van der Waals surface area (Å²) in [5, 5.41) is 9.22. The van der Waals surface area contributed by atoms with E-state index in [1.807, 2.05) is 37.3 Å². The molecule has 2 aromatic rings. The number of aryl methyl sites for hydroxylation is 1. The molecule has 0 saturated heterocycles. The minimum Gasteiger partial charge on any atom is -0.492 e. The number of rotatable bonds is 12. The number of aliphatic carboxylic acids is 1. The zero-order valence-corrected chi connectivity index (χ0v) is 18.7. The number of hydrogen-bond donors (Lipinski definition) is 1. The fourth-order valence-corrected chi connectivity index (χ4v) is 3.33. The number of carbonyl (C=O) groups is 2. The normalized spacial score (nSPS) is 13.9. The largest absolute Gasteiger partial charge is 0.492 e. The molecule has 0 aromatic heterocycles. The van der Waals surface area contributed by atoms with Crippen molar-refractivity contribution in [2.24, 2.45) is 5.92 Å². The van der Waals surface area contributed by atoms with E-state index in [0.29, 0.717) is 50.1 Å². The third-order valence-corrected chi connectivity index (χ3v) is 5.34. The Morgan fingerprint density at radius 2 is 1.84 bits per heavy atom. The fourth-order valence-electron chi connectivity index (χ4n) is 3.33. The molecule has 1 fully saturated rings. The van der Waals surface area contributed by atoms with E-state index in [0.717, 1.165) is 24.0 Å². The summed E-state index contributed by atoms with van der Waals surface area (Å²) >= 11 is 0. The molecule has 0 aliphatic heterocycles. The molecule has 0 bridgehead atoms. The van der Waals surface area contributed by atoms with Crippen molar-refractivity contribution >= 4 is 12.1 Å². The van der Waals surface area contributed by atoms with Crippen molar-refractivity contribution in [3.63, 3.8) is 0 Å². The van der Waals surface area contributed by atoms with Gasteiger partial charge in [-0.3, -0.25) is 0 Å². The summed E-state index contributed by atoms with van der Waals surface area (Å²) in [6.07, 6.45) is 1.34. The molecule has 7 nitrogen and oxygen atoms in total. The summed E-state index contributed by atoms with van der Waals surface area (Å²) in [4.78, 5) is 25.7. The van der Waals surface area contributed by atoms with Crippen molar-refractivity contribution in [1.29, 1.82) is 0 Å². The molecule has 0 spiro atoms. The van der Waals surface area contributed by atoms with Crippen LogP contribution in [0.5, 0.6) is 11.5 Å². The molecule has 1 aliphatic rings. The van der Waals surface area contributed by atoms with Crippen LogP contribution < -0.4 is 9.47 Å². The number of amides is 1. The van der Waals surface area contributed by atoms with Gasteiger partial charge >= 0.3 is 12.1 Å². The first-order valence-electron chi connectivity index (χ1n) is 11.0. The predicted octanol–water partition coefficient (Wildman–Crippen LogP) is 4.32. The monoisotopic (exact) mass is 441 g/mol. The average molecular weight is 442 g/mol. The third-order valence-electron chi connectivity index (χ3n) is 5.34. The van der Waals surface area contributed by atoms with Crippen LogP contribution in [0.15, 0.2) is 48.5 Å². The van der Waals surface area contributed by atoms with Crippen LogP contribution in [0, 0.1) is 12.8 Å². The highest BCUT2D eigenvalue weighted by Gasteiger charge is 2.28. The molecule has 3 rings (SSSR count). The second-order valence-electron chi connectivity index (χ2n) is 8.00. The second kappa shape index (κ2) is 11.5. The SMILES string of the molecule is CCOC(Cc1ccc(OCCN(CC2CC2)C(=O)Oc2ccccc2C)cc1)C(=O)O. The lowest BCUT2D eigenvalue weighted by atomic mass is 10.1. The maximum atomic E-state index is 12.7. The molecule has 2 aromatic carbocycles. The Bertz CT molecular complexity index is 894. The highest BCUT2D eigenvalue weighted by molar-refractivity contribution is 5.72. The van der Waals surface area contributed by atoms with Crippen LogP contribution in [0.3, 0.4) is 0 Å². The Morgan fingerprint density at radius 3 is 2.47 bits per heavy atom. The van der Waals surface area contributed by atoms with E-state index < -0.39 is 12.1 Å². The van der Waals surface area contributed by atoms with Gasteiger partial charge in [0.05, 0.1) is 6.54 Å². The Labute approximate surface area is 188 Å². The number of ether oxygens (including phenoxy) is 3. The van der Waals surface area contributed by atoms with Gasteiger partial charge in [0, 0.05) is 19.6 Å². The summed E-state index contributed by atoms with van der Waals surface area (Å²) in [5.41, 5.74) is 1.77. The smallest absolute Gasteiger partial charge is 0.415 e. The van der Waals surface area contributed by atoms with Crippen molar-refractivity contribution in [2.75, 3.05) is 26.3 Å². The van der Waals surface area contributed by atoms with Crippen molar-refractivity contribution in [1.82, 2.24) is 4.90 Å². The molecule has 1 aliphatic carbocycles. The predicted molar refractivity (Wildman–Crippen MR) is 120 cm³/mol. The van der Waals surface area contributed by atoms with E-state index in [2.05, 4.69) is 0 Å². The summed E-state index contributed by atoms with van der Waals surface area (Å²) in [7, 11) is 0. The first-order valence-corrected chi connectivity index (χ1v) is 11.0. The average Bonchev–Trinajstić information content (AvgIpc) is 3.59. The molecule has 7 heteroatoms. The van der Waals surface area contributed by atoms with Crippen LogP contribution in [-0.2, 0) is 16.0 Å². The van der Waals surface area contributed by atoms with Crippen LogP contribution in [0.4, 0.5) is 4.79 Å². The molecule has 1 atom stereocenters. The van der Waals surface area contributed by atoms with Crippen LogP contribution in [0.2, 0.25) is 0 Å². The summed E-state index contributed by atoms with van der Waals surface area (Å²) in [6.45, 7) is 5.46. The topological polar surface area (TPSA) is 85.3 Å². The molecule has 0 radical (unpaired) electrons. The summed E-state index contributed by atoms with van der Waals surface area (Å²) in [5.74, 6) is 0.795. The van der Waals surface area contributed by atoms with Gasteiger partial charge in [-0.2, -0.15) is 0 Å². The highest BCUT2D eigenvalue weighted by atomic mass is 16.6. The van der Waals surface area contributed by atoms with Gasteiger partial charge in [-0.25, -0.2) is 9.59 Å². The molecule has 172 valence electrons. The van der Waals surface area contributed by atoms with E-state index >= 15 is 0 Å². The van der Waals surface area contributed by atoms with Crippen LogP contribution in [0.1, 0.15) is 30.9 Å². The molecule has 32 heavy (non-hydrogen) atoms. The Balaban J connectivity index is 1.51. The van der Waals surface area contributed by atoms with Crippen LogP contribution in [-0.4, -0.2) is 54.5 Å². The van der Waals surface area contributed by atoms with Crippen LogP contribution >= 0.6 is 0 Å². The molecule has 1 saturated carbocycles. The first-order chi connectivity index (χ1) is 15.5. The zero-order valence-electron chi connectivity index (χ0n) is 18.7. The van der Waals surface area contributed by atoms with E-state index in [1.54, 1.807) is 30.0 Å². The number of nitrogens with zero attached hydrogens (tertiary/aromatic N) is 1. The first kappa shape index (κ1) is 23.6. The van der Waals surface area contributed by atoms with Gasteiger partial charge in [0.25, 0.3) is 0 Å². The number of hydrogen-bond acceptors (Lipinski definition) is 5. The van der Waals surface area contributed by atoms with E-state index in [4.69, 9.17) is 14.2 Å². The minimum absolute atomic E-state index is 0.295. The lowest BCUT2D eigenvalue weighted by Gasteiger charge is -2.22. The number of benzene rings is 2. The lowest BCUT2D eigenvalue weighted by Crippen LogP contribution is -2.38. The van der Waals surface area contributed by atoms with Gasteiger partial charge in [-0.1, -0.05) is 30.3 Å². The van der Waals surface area contributed by atoms with Crippen LogP contribution in [0.25, 0.3) is 0 Å². The zero-order chi connectivity index (χ0) is 22.9. The van der Waals surface area contributed by atoms with Crippen molar-refractivity contribution in [3.05, 3.63) is 59.7 Å². The number of carboxylic acids is 1. The third kappa shape index (κ3) is 7.27. The second-order valence-corrected chi connectivity index (χ2v) is 8.00. The minimum atomic E-state index is -0.972. The molecule has 0 heterocycles. The summed E-state index contributed by atoms with van der Waals surface area (Å²) < 4.78 is 16.7. The molecular formula is C25H31NO6. The summed E-state index contributed by atoms with van der Waals surface area (Å²) in [6, 6.07) is 14.7.